The van der Waals surface area contributed by atoms with E-state index < -0.39 is 5.92 Å². The molecule has 2 rings (SSSR count). The van der Waals surface area contributed by atoms with Crippen LogP contribution in [0, 0.1) is 16.7 Å². The summed E-state index contributed by atoms with van der Waals surface area (Å²) in [6.45, 7) is 4.55. The summed E-state index contributed by atoms with van der Waals surface area (Å²) in [6, 6.07) is 0. The number of likely N-dealkylation sites (tertiary alicyclic amines) is 1. The van der Waals surface area contributed by atoms with Crippen molar-refractivity contribution in [3.63, 3.8) is 0 Å². The molecule has 1 unspecified atom stereocenters. The van der Waals surface area contributed by atoms with E-state index in [9.17, 15) is 8.78 Å². The lowest BCUT2D eigenvalue weighted by Crippen LogP contribution is -2.46. The van der Waals surface area contributed by atoms with E-state index in [1.807, 2.05) is 6.92 Å². The Morgan fingerprint density at radius 1 is 1.33 bits per heavy atom. The molecule has 0 aromatic rings. The number of nitrogens with two attached hydrogens (primary N) is 1. The van der Waals surface area contributed by atoms with Crippen LogP contribution in [-0.2, 0) is 0 Å². The average molecular weight is 259 g/mol. The first-order valence-corrected chi connectivity index (χ1v) is 6.75. The van der Waals surface area contributed by atoms with Gasteiger partial charge in [-0.1, -0.05) is 6.92 Å². The lowest BCUT2D eigenvalue weighted by atomic mass is 9.79. The normalized spacial score (nSPS) is 31.4. The van der Waals surface area contributed by atoms with Crippen LogP contribution in [0.5, 0.6) is 0 Å². The zero-order chi connectivity index (χ0) is 13.4. The molecule has 1 atom stereocenters. The SMILES string of the molecule is CC1(C(=N)N)CCN(CC2CCC(F)(F)C2)CC1. The maximum Gasteiger partial charge on any atom is 0.248 e. The van der Waals surface area contributed by atoms with Gasteiger partial charge in [-0.25, -0.2) is 8.78 Å². The van der Waals surface area contributed by atoms with Crippen molar-refractivity contribution in [1.82, 2.24) is 4.90 Å². The highest BCUT2D eigenvalue weighted by molar-refractivity contribution is 5.83. The first-order chi connectivity index (χ1) is 8.31. The predicted octanol–water partition coefficient (Wildman–Crippen LogP) is 2.46. The van der Waals surface area contributed by atoms with Gasteiger partial charge in [-0.2, -0.15) is 0 Å². The molecule has 1 saturated carbocycles. The fourth-order valence-electron chi connectivity index (χ4n) is 3.06. The van der Waals surface area contributed by atoms with Gasteiger partial charge in [0.1, 0.15) is 0 Å². The van der Waals surface area contributed by atoms with Crippen LogP contribution in [0.1, 0.15) is 39.0 Å². The average Bonchev–Trinajstić information content (AvgIpc) is 2.61. The molecule has 0 aromatic carbocycles. The topological polar surface area (TPSA) is 53.1 Å². The number of piperidine rings is 1. The van der Waals surface area contributed by atoms with Crippen molar-refractivity contribution in [2.75, 3.05) is 19.6 Å². The molecule has 0 bridgehead atoms. The molecule has 2 fully saturated rings. The van der Waals surface area contributed by atoms with Crippen LogP contribution in [0.2, 0.25) is 0 Å². The van der Waals surface area contributed by atoms with Gasteiger partial charge in [0.05, 0.1) is 5.84 Å². The highest BCUT2D eigenvalue weighted by Gasteiger charge is 2.41. The highest BCUT2D eigenvalue weighted by Crippen LogP contribution is 2.40. The Balaban J connectivity index is 1.79. The Kier molecular flexibility index (Phi) is 3.63. The third-order valence-corrected chi connectivity index (χ3v) is 4.63. The summed E-state index contributed by atoms with van der Waals surface area (Å²) in [5.41, 5.74) is 5.43. The van der Waals surface area contributed by atoms with Crippen molar-refractivity contribution in [2.24, 2.45) is 17.1 Å². The Morgan fingerprint density at radius 2 is 1.94 bits per heavy atom. The van der Waals surface area contributed by atoms with Gasteiger partial charge in [-0.15, -0.1) is 0 Å². The number of hydrogen-bond donors (Lipinski definition) is 2. The van der Waals surface area contributed by atoms with Crippen LogP contribution in [0.25, 0.3) is 0 Å². The van der Waals surface area contributed by atoms with Gasteiger partial charge in [0, 0.05) is 24.8 Å². The molecule has 0 radical (unpaired) electrons. The maximum absolute atomic E-state index is 13.1. The molecule has 3 N–H and O–H groups in total. The van der Waals surface area contributed by atoms with Gasteiger partial charge < -0.3 is 10.6 Å². The quantitative estimate of drug-likeness (QED) is 0.604. The molecule has 0 amide bonds. The van der Waals surface area contributed by atoms with Crippen LogP contribution in [0.15, 0.2) is 0 Å². The van der Waals surface area contributed by atoms with E-state index in [1.165, 1.54) is 0 Å². The molecule has 104 valence electrons. The van der Waals surface area contributed by atoms with E-state index in [4.69, 9.17) is 11.1 Å². The molecular formula is C13H23F2N3. The molecule has 1 heterocycles. The first kappa shape index (κ1) is 13.7. The molecular weight excluding hydrogens is 236 g/mol. The first-order valence-electron chi connectivity index (χ1n) is 6.75. The van der Waals surface area contributed by atoms with Crippen molar-refractivity contribution in [1.29, 1.82) is 5.41 Å². The number of hydrogen-bond acceptors (Lipinski definition) is 2. The van der Waals surface area contributed by atoms with Gasteiger partial charge in [-0.3, -0.25) is 5.41 Å². The van der Waals surface area contributed by atoms with Crippen molar-refractivity contribution >= 4 is 5.84 Å². The fourth-order valence-corrected chi connectivity index (χ4v) is 3.06. The van der Waals surface area contributed by atoms with Crippen molar-refractivity contribution < 1.29 is 8.78 Å². The predicted molar refractivity (Wildman–Crippen MR) is 68.0 cm³/mol. The largest absolute Gasteiger partial charge is 0.387 e. The van der Waals surface area contributed by atoms with Crippen LogP contribution in [0.4, 0.5) is 8.78 Å². The molecule has 0 aromatic heterocycles. The third kappa shape index (κ3) is 2.99. The minimum absolute atomic E-state index is 0.0491. The second kappa shape index (κ2) is 4.76. The van der Waals surface area contributed by atoms with E-state index in [2.05, 4.69) is 4.90 Å². The summed E-state index contributed by atoms with van der Waals surface area (Å²) in [5, 5.41) is 7.59. The highest BCUT2D eigenvalue weighted by atomic mass is 19.3. The van der Waals surface area contributed by atoms with Gasteiger partial charge in [0.25, 0.3) is 0 Å². The molecule has 2 aliphatic rings. The Labute approximate surface area is 107 Å². The summed E-state index contributed by atoms with van der Waals surface area (Å²) in [4.78, 5) is 2.26. The van der Waals surface area contributed by atoms with E-state index in [-0.39, 0.29) is 30.0 Å². The van der Waals surface area contributed by atoms with Crippen molar-refractivity contribution in [2.45, 2.75) is 45.0 Å². The van der Waals surface area contributed by atoms with Gasteiger partial charge in [0.15, 0.2) is 0 Å². The van der Waals surface area contributed by atoms with Crippen LogP contribution in [-0.4, -0.2) is 36.3 Å². The number of alkyl halides is 2. The smallest absolute Gasteiger partial charge is 0.248 e. The summed E-state index contributed by atoms with van der Waals surface area (Å²) in [6.07, 6.45) is 2.48. The lowest BCUT2D eigenvalue weighted by molar-refractivity contribution is 0.00268. The second-order valence-electron chi connectivity index (χ2n) is 6.24. The van der Waals surface area contributed by atoms with Crippen molar-refractivity contribution in [3.05, 3.63) is 0 Å². The minimum Gasteiger partial charge on any atom is -0.387 e. The van der Waals surface area contributed by atoms with Gasteiger partial charge in [0.2, 0.25) is 5.92 Å². The molecule has 18 heavy (non-hydrogen) atoms. The molecule has 1 saturated heterocycles. The molecule has 0 spiro atoms. The van der Waals surface area contributed by atoms with Crippen LogP contribution < -0.4 is 5.73 Å². The number of rotatable bonds is 3. The maximum atomic E-state index is 13.1. The number of nitrogens with one attached hydrogen (secondary N) is 1. The lowest BCUT2D eigenvalue weighted by Gasteiger charge is -2.39. The van der Waals surface area contributed by atoms with Crippen molar-refractivity contribution in [3.8, 4) is 0 Å². The second-order valence-corrected chi connectivity index (χ2v) is 6.24. The summed E-state index contributed by atoms with van der Waals surface area (Å²) in [5.74, 6) is -2.04. The Morgan fingerprint density at radius 3 is 2.39 bits per heavy atom. The van der Waals surface area contributed by atoms with E-state index in [0.29, 0.717) is 6.42 Å². The number of halogens is 2. The standard InChI is InChI=1S/C13H23F2N3/c1-12(11(16)17)4-6-18(7-5-12)9-10-2-3-13(14,15)8-10/h10H,2-9H2,1H3,(H3,16,17). The molecule has 1 aliphatic carbocycles. The number of nitrogens with zero attached hydrogens (tertiary/aromatic N) is 1. The molecule has 5 heteroatoms. The van der Waals surface area contributed by atoms with Gasteiger partial charge in [-0.05, 0) is 38.3 Å². The molecule has 1 aliphatic heterocycles. The zero-order valence-corrected chi connectivity index (χ0v) is 11.0. The van der Waals surface area contributed by atoms with E-state index in [0.717, 1.165) is 32.5 Å². The monoisotopic (exact) mass is 259 g/mol. The number of amidine groups is 1. The van der Waals surface area contributed by atoms with E-state index in [1.54, 1.807) is 0 Å². The summed E-state index contributed by atoms with van der Waals surface area (Å²) in [7, 11) is 0. The van der Waals surface area contributed by atoms with Gasteiger partial charge >= 0.3 is 0 Å². The fraction of sp³-hybridized carbons (Fsp3) is 0.923. The van der Waals surface area contributed by atoms with E-state index >= 15 is 0 Å². The molecule has 3 nitrogen and oxygen atoms in total. The van der Waals surface area contributed by atoms with Crippen LogP contribution >= 0.6 is 0 Å². The van der Waals surface area contributed by atoms with Crippen LogP contribution in [0.3, 0.4) is 0 Å². The summed E-state index contributed by atoms with van der Waals surface area (Å²) < 4.78 is 26.2. The minimum atomic E-state index is -2.44. The zero-order valence-electron chi connectivity index (χ0n) is 11.0. The third-order valence-electron chi connectivity index (χ3n) is 4.63. The Hall–Kier alpha value is -0.710. The Bertz CT molecular complexity index is 322. The summed E-state index contributed by atoms with van der Waals surface area (Å²) >= 11 is 0.